The molecule has 0 fully saturated rings. The van der Waals surface area contributed by atoms with Gasteiger partial charge in [-0.1, -0.05) is 12.1 Å². The summed E-state index contributed by atoms with van der Waals surface area (Å²) in [6.07, 6.45) is 3.25. The maximum Gasteiger partial charge on any atom is 0.242 e. The van der Waals surface area contributed by atoms with Crippen molar-refractivity contribution in [2.75, 3.05) is 6.54 Å². The molecule has 3 N–H and O–H groups in total. The predicted molar refractivity (Wildman–Crippen MR) is 81.2 cm³/mol. The van der Waals surface area contributed by atoms with Crippen LogP contribution < -0.4 is 10.5 Å². The van der Waals surface area contributed by atoms with Crippen LogP contribution in [0.15, 0.2) is 35.4 Å². The monoisotopic (exact) mass is 309 g/mol. The number of unbranched alkanes of at least 4 members (excludes halogenated alkanes) is 1. The van der Waals surface area contributed by atoms with Gasteiger partial charge >= 0.3 is 0 Å². The first-order chi connectivity index (χ1) is 9.92. The molecule has 21 heavy (non-hydrogen) atoms. The number of hydrogen-bond acceptors (Lipinski definition) is 3. The number of hydrogen-bond donors (Lipinski definition) is 2. The quantitative estimate of drug-likeness (QED) is 0.750. The van der Waals surface area contributed by atoms with Gasteiger partial charge in [0.05, 0.1) is 5.52 Å². The molecule has 1 heterocycles. The SMILES string of the molecule is Cn1ccc2cccc(S(=O)(=O)NCCCCC(N)=O)c21. The molecule has 0 unspecified atom stereocenters. The fraction of sp³-hybridized carbons (Fsp3) is 0.357. The molecule has 0 spiro atoms. The fourth-order valence-electron chi connectivity index (χ4n) is 2.24. The van der Waals surface area contributed by atoms with E-state index in [1.165, 1.54) is 0 Å². The Balaban J connectivity index is 2.11. The fourth-order valence-corrected chi connectivity index (χ4v) is 3.59. The van der Waals surface area contributed by atoms with Gasteiger partial charge in [-0.25, -0.2) is 13.1 Å². The highest BCUT2D eigenvalue weighted by molar-refractivity contribution is 7.89. The Bertz CT molecular complexity index is 750. The molecule has 1 aromatic heterocycles. The van der Waals surface area contributed by atoms with E-state index in [0.29, 0.717) is 18.4 Å². The number of benzene rings is 1. The van der Waals surface area contributed by atoms with Crippen LogP contribution in [0.5, 0.6) is 0 Å². The summed E-state index contributed by atoms with van der Waals surface area (Å²) >= 11 is 0. The van der Waals surface area contributed by atoms with E-state index < -0.39 is 10.0 Å². The maximum atomic E-state index is 12.4. The lowest BCUT2D eigenvalue weighted by Gasteiger charge is -2.09. The first-order valence-electron chi connectivity index (χ1n) is 6.74. The zero-order chi connectivity index (χ0) is 15.5. The van der Waals surface area contributed by atoms with Crippen molar-refractivity contribution in [3.05, 3.63) is 30.5 Å². The zero-order valence-electron chi connectivity index (χ0n) is 11.9. The lowest BCUT2D eigenvalue weighted by molar-refractivity contribution is -0.118. The second-order valence-corrected chi connectivity index (χ2v) is 6.68. The van der Waals surface area contributed by atoms with Crippen LogP contribution in [0.1, 0.15) is 19.3 Å². The van der Waals surface area contributed by atoms with E-state index in [2.05, 4.69) is 4.72 Å². The summed E-state index contributed by atoms with van der Waals surface area (Å²) in [7, 11) is -1.75. The molecule has 6 nitrogen and oxygen atoms in total. The molecule has 2 aromatic rings. The summed E-state index contributed by atoms with van der Waals surface area (Å²) in [5.74, 6) is -0.369. The molecule has 0 aliphatic carbocycles. The third kappa shape index (κ3) is 3.62. The number of aryl methyl sites for hydroxylation is 1. The topological polar surface area (TPSA) is 94.2 Å². The molecular weight excluding hydrogens is 290 g/mol. The van der Waals surface area contributed by atoms with E-state index in [-0.39, 0.29) is 23.8 Å². The van der Waals surface area contributed by atoms with Crippen LogP contribution in [-0.4, -0.2) is 25.4 Å². The third-order valence-electron chi connectivity index (χ3n) is 3.29. The minimum absolute atomic E-state index is 0.266. The van der Waals surface area contributed by atoms with Gasteiger partial charge in [-0.15, -0.1) is 0 Å². The molecule has 0 saturated carbocycles. The van der Waals surface area contributed by atoms with E-state index in [0.717, 1.165) is 5.39 Å². The number of para-hydroxylation sites is 1. The van der Waals surface area contributed by atoms with Crippen LogP contribution in [0.3, 0.4) is 0 Å². The summed E-state index contributed by atoms with van der Waals surface area (Å²) < 4.78 is 29.1. The van der Waals surface area contributed by atoms with E-state index >= 15 is 0 Å². The molecule has 1 amide bonds. The number of nitrogens with one attached hydrogen (secondary N) is 1. The molecule has 0 bridgehead atoms. The molecule has 114 valence electrons. The number of carbonyl (C=O) groups excluding carboxylic acids is 1. The number of nitrogens with zero attached hydrogens (tertiary/aromatic N) is 1. The first-order valence-corrected chi connectivity index (χ1v) is 8.22. The standard InChI is InChI=1S/C14H19N3O3S/c1-17-10-8-11-5-4-6-12(14(11)17)21(19,20)16-9-3-2-7-13(15)18/h4-6,8,10,16H,2-3,7,9H2,1H3,(H2,15,18). The molecule has 0 radical (unpaired) electrons. The summed E-state index contributed by atoms with van der Waals surface area (Å²) in [4.78, 5) is 10.9. The first kappa shape index (κ1) is 15.5. The molecule has 0 atom stereocenters. The summed E-state index contributed by atoms with van der Waals surface area (Å²) in [5.41, 5.74) is 5.72. The second-order valence-electron chi connectivity index (χ2n) is 4.94. The number of primary amides is 1. The molecule has 0 aliphatic rings. The van der Waals surface area contributed by atoms with Crippen LogP contribution in [0.25, 0.3) is 10.9 Å². The van der Waals surface area contributed by atoms with Crippen molar-refractivity contribution in [3.8, 4) is 0 Å². The number of fused-ring (bicyclic) bond motifs is 1. The van der Waals surface area contributed by atoms with Gasteiger partial charge in [0.25, 0.3) is 0 Å². The van der Waals surface area contributed by atoms with Crippen molar-refractivity contribution in [1.82, 2.24) is 9.29 Å². The number of amides is 1. The molecule has 7 heteroatoms. The maximum absolute atomic E-state index is 12.4. The Labute approximate surface area is 124 Å². The Kier molecular flexibility index (Phi) is 4.64. The van der Waals surface area contributed by atoms with Gasteiger partial charge in [-0.3, -0.25) is 4.79 Å². The van der Waals surface area contributed by atoms with E-state index in [1.54, 1.807) is 16.7 Å². The van der Waals surface area contributed by atoms with Gasteiger partial charge in [-0.2, -0.15) is 0 Å². The smallest absolute Gasteiger partial charge is 0.242 e. The number of sulfonamides is 1. The number of nitrogens with two attached hydrogens (primary N) is 1. The van der Waals surface area contributed by atoms with Gasteiger partial charge in [0, 0.05) is 31.6 Å². The Morgan fingerprint density at radius 1 is 1.29 bits per heavy atom. The minimum Gasteiger partial charge on any atom is -0.370 e. The summed E-state index contributed by atoms with van der Waals surface area (Å²) in [6.45, 7) is 0.288. The van der Waals surface area contributed by atoms with Crippen molar-refractivity contribution in [1.29, 1.82) is 0 Å². The highest BCUT2D eigenvalue weighted by atomic mass is 32.2. The van der Waals surface area contributed by atoms with Crippen molar-refractivity contribution >= 4 is 26.8 Å². The lowest BCUT2D eigenvalue weighted by atomic mass is 10.2. The number of rotatable bonds is 7. The van der Waals surface area contributed by atoms with Gasteiger partial charge in [-0.05, 0) is 25.0 Å². The van der Waals surface area contributed by atoms with E-state index in [4.69, 9.17) is 5.73 Å². The second kappa shape index (κ2) is 6.28. The molecular formula is C14H19N3O3S. The van der Waals surface area contributed by atoms with Crippen molar-refractivity contribution < 1.29 is 13.2 Å². The highest BCUT2D eigenvalue weighted by Crippen LogP contribution is 2.23. The summed E-state index contributed by atoms with van der Waals surface area (Å²) in [6, 6.07) is 7.07. The predicted octanol–water partition coefficient (Wildman–Crippen LogP) is 1.11. The molecule has 0 saturated heterocycles. The average Bonchev–Trinajstić information content (AvgIpc) is 2.80. The molecule has 1 aromatic carbocycles. The number of carbonyl (C=O) groups is 1. The normalized spacial score (nSPS) is 11.9. The van der Waals surface area contributed by atoms with Gasteiger partial charge in [0.2, 0.25) is 15.9 Å². The van der Waals surface area contributed by atoms with Crippen LogP contribution in [0, 0.1) is 0 Å². The van der Waals surface area contributed by atoms with Gasteiger partial charge in [0.15, 0.2) is 0 Å². The Morgan fingerprint density at radius 2 is 2.05 bits per heavy atom. The van der Waals surface area contributed by atoms with Crippen LogP contribution in [0.2, 0.25) is 0 Å². The highest BCUT2D eigenvalue weighted by Gasteiger charge is 2.18. The van der Waals surface area contributed by atoms with Gasteiger partial charge in [0.1, 0.15) is 4.90 Å². The van der Waals surface area contributed by atoms with E-state index in [9.17, 15) is 13.2 Å². The summed E-state index contributed by atoms with van der Waals surface area (Å²) in [5, 5.41) is 0.883. The van der Waals surface area contributed by atoms with Crippen molar-refractivity contribution in [2.24, 2.45) is 12.8 Å². The zero-order valence-corrected chi connectivity index (χ0v) is 12.7. The van der Waals surface area contributed by atoms with Crippen LogP contribution in [-0.2, 0) is 21.9 Å². The van der Waals surface area contributed by atoms with Crippen molar-refractivity contribution in [2.45, 2.75) is 24.2 Å². The molecule has 0 aliphatic heterocycles. The van der Waals surface area contributed by atoms with Crippen LogP contribution in [0.4, 0.5) is 0 Å². The Morgan fingerprint density at radius 3 is 2.76 bits per heavy atom. The molecule has 2 rings (SSSR count). The van der Waals surface area contributed by atoms with Crippen molar-refractivity contribution in [3.63, 3.8) is 0 Å². The largest absolute Gasteiger partial charge is 0.370 e. The minimum atomic E-state index is -3.57. The lowest BCUT2D eigenvalue weighted by Crippen LogP contribution is -2.25. The average molecular weight is 309 g/mol. The number of aromatic nitrogens is 1. The van der Waals surface area contributed by atoms with Gasteiger partial charge < -0.3 is 10.3 Å². The Hall–Kier alpha value is -1.86. The third-order valence-corrected chi connectivity index (χ3v) is 4.78. The van der Waals surface area contributed by atoms with E-state index in [1.807, 2.05) is 25.4 Å². The van der Waals surface area contributed by atoms with Crippen LogP contribution >= 0.6 is 0 Å².